The van der Waals surface area contributed by atoms with Gasteiger partial charge in [-0.1, -0.05) is 20.8 Å². The Morgan fingerprint density at radius 3 is 2.00 bits per heavy atom. The molecule has 0 unspecified atom stereocenters. The fourth-order valence-electron chi connectivity index (χ4n) is 1.13. The number of hydrogen-bond acceptors (Lipinski definition) is 1. The molecular formula is C9H14O. The third-order valence-corrected chi connectivity index (χ3v) is 1.66. The van der Waals surface area contributed by atoms with Crippen molar-refractivity contribution in [2.45, 2.75) is 33.1 Å². The van der Waals surface area contributed by atoms with Gasteiger partial charge in [-0.15, -0.1) is 0 Å². The lowest BCUT2D eigenvalue weighted by atomic mass is 9.87. The zero-order valence-electron chi connectivity index (χ0n) is 7.06. The van der Waals surface area contributed by atoms with Crippen LogP contribution >= 0.6 is 0 Å². The van der Waals surface area contributed by atoms with Crippen molar-refractivity contribution in [3.63, 3.8) is 0 Å². The highest BCUT2D eigenvalue weighted by Crippen LogP contribution is 2.25. The summed E-state index contributed by atoms with van der Waals surface area (Å²) >= 11 is 0. The summed E-state index contributed by atoms with van der Waals surface area (Å²) in [6.07, 6.45) is 3.62. The molecule has 0 amide bonds. The molecular weight excluding hydrogens is 124 g/mol. The van der Waals surface area contributed by atoms with E-state index >= 15 is 0 Å². The Hall–Kier alpha value is -0.720. The number of hydrogen-bond donors (Lipinski definition) is 0. The maximum Gasteiger partial charge on any atom is 0.0942 e. The monoisotopic (exact) mass is 138 g/mol. The molecule has 0 spiro atoms. The topological polar surface area (TPSA) is 13.1 Å². The molecule has 0 N–H and O–H groups in total. The average molecular weight is 138 g/mol. The largest absolute Gasteiger partial charge is 0.472 e. The van der Waals surface area contributed by atoms with E-state index < -0.39 is 0 Å². The molecule has 1 aromatic heterocycles. The minimum atomic E-state index is 0.219. The third kappa shape index (κ3) is 1.23. The van der Waals surface area contributed by atoms with E-state index in [1.807, 2.05) is 6.26 Å². The van der Waals surface area contributed by atoms with Crippen molar-refractivity contribution in [3.05, 3.63) is 23.7 Å². The average Bonchev–Trinajstić information content (AvgIpc) is 2.11. The minimum Gasteiger partial charge on any atom is -0.472 e. The molecule has 1 aromatic rings. The SMILES string of the molecule is Cc1cocc1C(C)(C)C. The molecule has 56 valence electrons. The summed E-state index contributed by atoms with van der Waals surface area (Å²) in [5.41, 5.74) is 2.76. The van der Waals surface area contributed by atoms with Gasteiger partial charge < -0.3 is 4.42 Å². The Bertz CT molecular complexity index is 215. The second-order valence-electron chi connectivity index (χ2n) is 3.72. The summed E-state index contributed by atoms with van der Waals surface area (Å²) in [5, 5.41) is 0. The third-order valence-electron chi connectivity index (χ3n) is 1.66. The molecule has 0 saturated heterocycles. The van der Waals surface area contributed by atoms with Crippen LogP contribution in [-0.2, 0) is 5.41 Å². The number of aryl methyl sites for hydroxylation is 1. The Morgan fingerprint density at radius 2 is 1.80 bits per heavy atom. The fourth-order valence-corrected chi connectivity index (χ4v) is 1.13. The van der Waals surface area contributed by atoms with Crippen molar-refractivity contribution in [3.8, 4) is 0 Å². The Morgan fingerprint density at radius 1 is 1.20 bits per heavy atom. The zero-order chi connectivity index (χ0) is 7.78. The summed E-state index contributed by atoms with van der Waals surface area (Å²) in [6.45, 7) is 8.63. The van der Waals surface area contributed by atoms with E-state index in [1.54, 1.807) is 6.26 Å². The molecule has 1 heteroatoms. The van der Waals surface area contributed by atoms with Crippen LogP contribution in [0.25, 0.3) is 0 Å². The van der Waals surface area contributed by atoms with Crippen molar-refractivity contribution >= 4 is 0 Å². The van der Waals surface area contributed by atoms with Crippen LogP contribution in [0.1, 0.15) is 31.9 Å². The van der Waals surface area contributed by atoms with Gasteiger partial charge in [-0.3, -0.25) is 0 Å². The summed E-state index contributed by atoms with van der Waals surface area (Å²) in [6, 6.07) is 0. The molecule has 0 saturated carbocycles. The van der Waals surface area contributed by atoms with Gasteiger partial charge in [-0.25, -0.2) is 0 Å². The predicted molar refractivity (Wildman–Crippen MR) is 42.1 cm³/mol. The molecule has 0 bridgehead atoms. The number of furan rings is 1. The van der Waals surface area contributed by atoms with Crippen LogP contribution < -0.4 is 0 Å². The van der Waals surface area contributed by atoms with Crippen molar-refractivity contribution < 1.29 is 4.42 Å². The molecule has 0 aromatic carbocycles. The first-order valence-corrected chi connectivity index (χ1v) is 3.55. The second kappa shape index (κ2) is 2.15. The van der Waals surface area contributed by atoms with E-state index in [1.165, 1.54) is 11.1 Å². The summed E-state index contributed by atoms with van der Waals surface area (Å²) in [4.78, 5) is 0. The molecule has 0 radical (unpaired) electrons. The maximum atomic E-state index is 5.07. The highest BCUT2D eigenvalue weighted by Gasteiger charge is 2.17. The predicted octanol–water partition coefficient (Wildman–Crippen LogP) is 2.89. The molecule has 0 fully saturated rings. The van der Waals surface area contributed by atoms with Crippen LogP contribution in [0.15, 0.2) is 16.9 Å². The quantitative estimate of drug-likeness (QED) is 0.537. The zero-order valence-corrected chi connectivity index (χ0v) is 7.06. The van der Waals surface area contributed by atoms with Crippen LogP contribution in [0.5, 0.6) is 0 Å². The van der Waals surface area contributed by atoms with Crippen LogP contribution in [0.2, 0.25) is 0 Å². The Labute approximate surface area is 62.1 Å². The van der Waals surface area contributed by atoms with Gasteiger partial charge in [0, 0.05) is 0 Å². The van der Waals surface area contributed by atoms with Gasteiger partial charge >= 0.3 is 0 Å². The van der Waals surface area contributed by atoms with Crippen molar-refractivity contribution in [2.24, 2.45) is 0 Å². The smallest absolute Gasteiger partial charge is 0.0942 e. The van der Waals surface area contributed by atoms with Gasteiger partial charge in [0.05, 0.1) is 12.5 Å². The lowest BCUT2D eigenvalue weighted by Crippen LogP contribution is -2.10. The fraction of sp³-hybridized carbons (Fsp3) is 0.556. The van der Waals surface area contributed by atoms with Crippen LogP contribution in [0.4, 0.5) is 0 Å². The summed E-state index contributed by atoms with van der Waals surface area (Å²) < 4.78 is 5.07. The number of rotatable bonds is 0. The van der Waals surface area contributed by atoms with E-state index in [2.05, 4.69) is 27.7 Å². The van der Waals surface area contributed by atoms with E-state index in [0.717, 1.165) is 0 Å². The van der Waals surface area contributed by atoms with Gasteiger partial charge in [-0.2, -0.15) is 0 Å². The van der Waals surface area contributed by atoms with Crippen molar-refractivity contribution in [2.75, 3.05) is 0 Å². The molecule has 0 aliphatic rings. The molecule has 0 atom stereocenters. The summed E-state index contributed by atoms with van der Waals surface area (Å²) in [7, 11) is 0. The Balaban J connectivity index is 3.05. The van der Waals surface area contributed by atoms with Gasteiger partial charge in [0.15, 0.2) is 0 Å². The first-order valence-electron chi connectivity index (χ1n) is 3.55. The molecule has 1 nitrogen and oxygen atoms in total. The lowest BCUT2D eigenvalue weighted by Gasteiger charge is -2.16. The second-order valence-corrected chi connectivity index (χ2v) is 3.72. The standard InChI is InChI=1S/C9H14O/c1-7-5-10-6-8(7)9(2,3)4/h5-6H,1-4H3. The van der Waals surface area contributed by atoms with Crippen LogP contribution in [0.3, 0.4) is 0 Å². The highest BCUT2D eigenvalue weighted by atomic mass is 16.3. The van der Waals surface area contributed by atoms with E-state index in [-0.39, 0.29) is 5.41 Å². The minimum absolute atomic E-state index is 0.219. The van der Waals surface area contributed by atoms with Crippen LogP contribution in [0, 0.1) is 6.92 Å². The molecule has 0 aliphatic heterocycles. The van der Waals surface area contributed by atoms with Gasteiger partial charge in [0.1, 0.15) is 0 Å². The van der Waals surface area contributed by atoms with E-state index in [9.17, 15) is 0 Å². The van der Waals surface area contributed by atoms with Gasteiger partial charge in [0.2, 0.25) is 0 Å². The molecule has 1 rings (SSSR count). The van der Waals surface area contributed by atoms with Crippen molar-refractivity contribution in [1.29, 1.82) is 0 Å². The van der Waals surface area contributed by atoms with E-state index in [4.69, 9.17) is 4.42 Å². The molecule has 1 heterocycles. The van der Waals surface area contributed by atoms with Crippen molar-refractivity contribution in [1.82, 2.24) is 0 Å². The molecule has 10 heavy (non-hydrogen) atoms. The van der Waals surface area contributed by atoms with Gasteiger partial charge in [-0.05, 0) is 23.5 Å². The first-order chi connectivity index (χ1) is 4.52. The first kappa shape index (κ1) is 7.39. The van der Waals surface area contributed by atoms with Gasteiger partial charge in [0.25, 0.3) is 0 Å². The highest BCUT2D eigenvalue weighted by molar-refractivity contribution is 5.26. The maximum absolute atomic E-state index is 5.07. The lowest BCUT2D eigenvalue weighted by molar-refractivity contribution is 0.537. The Kier molecular flexibility index (Phi) is 1.59. The van der Waals surface area contributed by atoms with E-state index in [0.29, 0.717) is 0 Å². The molecule has 0 aliphatic carbocycles. The normalized spacial score (nSPS) is 12.0. The van der Waals surface area contributed by atoms with Crippen LogP contribution in [-0.4, -0.2) is 0 Å². The summed E-state index contributed by atoms with van der Waals surface area (Å²) in [5.74, 6) is 0.